The number of thiocarbonyl (C=S) groups is 1. The Morgan fingerprint density at radius 1 is 1.48 bits per heavy atom. The van der Waals surface area contributed by atoms with Crippen LogP contribution in [0.2, 0.25) is 0 Å². The highest BCUT2D eigenvalue weighted by Gasteiger charge is 2.11. The van der Waals surface area contributed by atoms with Crippen LogP contribution >= 0.6 is 12.2 Å². The van der Waals surface area contributed by atoms with E-state index in [1.807, 2.05) is 0 Å². The Balaban J connectivity index is 2.23. The van der Waals surface area contributed by atoms with Crippen molar-refractivity contribution >= 4 is 29.2 Å². The molecule has 3 N–H and O–H groups in total. The first kappa shape index (κ1) is 14.7. The molecular formula is C13H12N4O3S. The summed E-state index contributed by atoms with van der Waals surface area (Å²) >= 11 is 4.61. The smallest absolute Gasteiger partial charge is 0.269 e. The predicted octanol–water partition coefficient (Wildman–Crippen LogP) is 2.33. The molecule has 2 aromatic rings. The van der Waals surface area contributed by atoms with Gasteiger partial charge in [0.15, 0.2) is 5.11 Å². The topological polar surface area (TPSA) is 107 Å². The molecule has 0 aliphatic rings. The van der Waals surface area contributed by atoms with Crippen molar-refractivity contribution in [1.29, 1.82) is 0 Å². The number of furan rings is 1. The average molecular weight is 304 g/mol. The fourth-order valence-electron chi connectivity index (χ4n) is 1.76. The van der Waals surface area contributed by atoms with Crippen LogP contribution in [0.1, 0.15) is 11.3 Å². The summed E-state index contributed by atoms with van der Waals surface area (Å²) in [4.78, 5) is 10.3. The Bertz CT molecular complexity index is 724. The molecule has 0 spiro atoms. The molecule has 8 heteroatoms. The molecule has 0 aliphatic heterocycles. The normalized spacial score (nSPS) is 10.7. The van der Waals surface area contributed by atoms with E-state index >= 15 is 0 Å². The number of non-ortho nitro benzene ring substituents is 1. The summed E-state index contributed by atoms with van der Waals surface area (Å²) in [6, 6.07) is 8.07. The minimum Gasteiger partial charge on any atom is -0.455 e. The second-order valence-corrected chi connectivity index (χ2v) is 4.63. The van der Waals surface area contributed by atoms with E-state index in [-0.39, 0.29) is 10.8 Å². The Kier molecular flexibility index (Phi) is 4.29. The first-order valence-electron chi connectivity index (χ1n) is 5.91. The number of nitrogens with zero attached hydrogens (tertiary/aromatic N) is 2. The molecule has 0 radical (unpaired) electrons. The molecule has 108 valence electrons. The highest BCUT2D eigenvalue weighted by atomic mass is 32.1. The molecule has 0 bridgehead atoms. The minimum absolute atomic E-state index is 0.0465. The van der Waals surface area contributed by atoms with Crippen LogP contribution in [0.4, 0.5) is 5.69 Å². The minimum atomic E-state index is -0.432. The van der Waals surface area contributed by atoms with Gasteiger partial charge in [-0.15, -0.1) is 0 Å². The lowest BCUT2D eigenvalue weighted by Gasteiger charge is -2.02. The van der Waals surface area contributed by atoms with E-state index in [1.165, 1.54) is 18.3 Å². The van der Waals surface area contributed by atoms with Gasteiger partial charge in [-0.3, -0.25) is 15.5 Å². The summed E-state index contributed by atoms with van der Waals surface area (Å²) in [5, 5.41) is 14.6. The zero-order valence-electron chi connectivity index (χ0n) is 11.1. The van der Waals surface area contributed by atoms with Crippen molar-refractivity contribution in [3.63, 3.8) is 0 Å². The molecular weight excluding hydrogens is 292 g/mol. The van der Waals surface area contributed by atoms with Gasteiger partial charge in [-0.2, -0.15) is 5.10 Å². The number of nitrogens with one attached hydrogen (secondary N) is 1. The fourth-order valence-corrected chi connectivity index (χ4v) is 1.82. The van der Waals surface area contributed by atoms with Crippen LogP contribution in [0.3, 0.4) is 0 Å². The van der Waals surface area contributed by atoms with Crippen LogP contribution in [0, 0.1) is 17.0 Å². The van der Waals surface area contributed by atoms with E-state index in [9.17, 15) is 10.1 Å². The van der Waals surface area contributed by atoms with Crippen molar-refractivity contribution in [2.45, 2.75) is 6.92 Å². The van der Waals surface area contributed by atoms with Gasteiger partial charge in [-0.05, 0) is 42.9 Å². The summed E-state index contributed by atoms with van der Waals surface area (Å²) in [6.07, 6.45) is 1.43. The number of aryl methyl sites for hydroxylation is 1. The summed E-state index contributed by atoms with van der Waals surface area (Å²) in [6.45, 7) is 1.78. The van der Waals surface area contributed by atoms with Crippen molar-refractivity contribution in [3.05, 3.63) is 51.8 Å². The van der Waals surface area contributed by atoms with Gasteiger partial charge in [-0.1, -0.05) is 0 Å². The van der Waals surface area contributed by atoms with Gasteiger partial charge in [0.2, 0.25) is 0 Å². The number of hydrogen-bond acceptors (Lipinski definition) is 5. The first-order chi connectivity index (χ1) is 9.97. The molecule has 7 nitrogen and oxygen atoms in total. The predicted molar refractivity (Wildman–Crippen MR) is 83.1 cm³/mol. The quantitative estimate of drug-likeness (QED) is 0.388. The number of rotatable bonds is 4. The molecule has 0 saturated carbocycles. The SMILES string of the molecule is Cc1cc([N+](=O)[O-])ccc1-c1ccc(/C=N\NC(N)=S)o1. The van der Waals surface area contributed by atoms with Gasteiger partial charge in [0.25, 0.3) is 5.69 Å². The maximum Gasteiger partial charge on any atom is 0.269 e. The number of benzene rings is 1. The monoisotopic (exact) mass is 304 g/mol. The molecule has 1 aromatic carbocycles. The van der Waals surface area contributed by atoms with Gasteiger partial charge >= 0.3 is 0 Å². The molecule has 0 atom stereocenters. The largest absolute Gasteiger partial charge is 0.455 e. The summed E-state index contributed by atoms with van der Waals surface area (Å²) in [5.74, 6) is 1.10. The Morgan fingerprint density at radius 2 is 2.24 bits per heavy atom. The lowest BCUT2D eigenvalue weighted by molar-refractivity contribution is -0.384. The van der Waals surface area contributed by atoms with E-state index in [0.717, 1.165) is 11.1 Å². The van der Waals surface area contributed by atoms with Crippen LogP contribution < -0.4 is 11.2 Å². The number of nitro benzene ring substituents is 1. The lowest BCUT2D eigenvalue weighted by atomic mass is 10.1. The van der Waals surface area contributed by atoms with E-state index < -0.39 is 4.92 Å². The third-order valence-electron chi connectivity index (χ3n) is 2.68. The molecule has 0 unspecified atom stereocenters. The summed E-state index contributed by atoms with van der Waals surface area (Å²) < 4.78 is 5.59. The van der Waals surface area contributed by atoms with Crippen molar-refractivity contribution in [2.75, 3.05) is 0 Å². The summed E-state index contributed by atoms with van der Waals surface area (Å²) in [5.41, 5.74) is 9.23. The van der Waals surface area contributed by atoms with E-state index in [2.05, 4.69) is 22.7 Å². The van der Waals surface area contributed by atoms with Crippen molar-refractivity contribution in [2.24, 2.45) is 10.8 Å². The maximum atomic E-state index is 10.7. The van der Waals surface area contributed by atoms with E-state index in [4.69, 9.17) is 10.2 Å². The highest BCUT2D eigenvalue weighted by molar-refractivity contribution is 7.80. The van der Waals surface area contributed by atoms with Gasteiger partial charge in [0.05, 0.1) is 11.1 Å². The van der Waals surface area contributed by atoms with Gasteiger partial charge < -0.3 is 10.2 Å². The molecule has 21 heavy (non-hydrogen) atoms. The average Bonchev–Trinajstić information content (AvgIpc) is 2.86. The van der Waals surface area contributed by atoms with Gasteiger partial charge in [0, 0.05) is 17.7 Å². The van der Waals surface area contributed by atoms with E-state index in [0.29, 0.717) is 11.5 Å². The highest BCUT2D eigenvalue weighted by Crippen LogP contribution is 2.28. The Hall–Kier alpha value is -2.74. The van der Waals surface area contributed by atoms with Crippen molar-refractivity contribution in [1.82, 2.24) is 5.43 Å². The zero-order valence-corrected chi connectivity index (χ0v) is 11.9. The van der Waals surface area contributed by atoms with Crippen LogP contribution in [0.5, 0.6) is 0 Å². The third-order valence-corrected chi connectivity index (χ3v) is 2.77. The molecule has 1 aromatic heterocycles. The standard InChI is InChI=1S/C13H12N4O3S/c1-8-6-9(17(18)19)2-4-11(8)12-5-3-10(20-12)7-15-16-13(14)21/h2-7H,1H3,(H3,14,16,21)/b15-7-. The Morgan fingerprint density at radius 3 is 2.86 bits per heavy atom. The number of nitro groups is 1. The second-order valence-electron chi connectivity index (χ2n) is 4.19. The van der Waals surface area contributed by atoms with E-state index in [1.54, 1.807) is 25.1 Å². The number of hydrogen-bond donors (Lipinski definition) is 2. The molecule has 0 saturated heterocycles. The van der Waals surface area contributed by atoms with Crippen LogP contribution in [-0.2, 0) is 0 Å². The Labute approximate surface area is 125 Å². The summed E-state index contributed by atoms with van der Waals surface area (Å²) in [7, 11) is 0. The lowest BCUT2D eigenvalue weighted by Crippen LogP contribution is -2.23. The number of nitrogens with two attached hydrogens (primary N) is 1. The molecule has 0 fully saturated rings. The van der Waals surface area contributed by atoms with Crippen LogP contribution in [-0.4, -0.2) is 16.3 Å². The van der Waals surface area contributed by atoms with Crippen LogP contribution in [0.15, 0.2) is 39.9 Å². The van der Waals surface area contributed by atoms with Crippen molar-refractivity contribution in [3.8, 4) is 11.3 Å². The molecule has 0 aliphatic carbocycles. The third kappa shape index (κ3) is 3.63. The molecule has 0 amide bonds. The maximum absolute atomic E-state index is 10.7. The van der Waals surface area contributed by atoms with Crippen molar-refractivity contribution < 1.29 is 9.34 Å². The first-order valence-corrected chi connectivity index (χ1v) is 6.32. The molecule has 2 rings (SSSR count). The van der Waals surface area contributed by atoms with Gasteiger partial charge in [0.1, 0.15) is 11.5 Å². The zero-order chi connectivity index (χ0) is 15.4. The van der Waals surface area contributed by atoms with Gasteiger partial charge in [-0.25, -0.2) is 0 Å². The second kappa shape index (κ2) is 6.14. The fraction of sp³-hybridized carbons (Fsp3) is 0.0769. The molecule has 1 heterocycles. The number of hydrazone groups is 1. The van der Waals surface area contributed by atoms with Crippen LogP contribution in [0.25, 0.3) is 11.3 Å².